The van der Waals surface area contributed by atoms with Crippen LogP contribution in [0.1, 0.15) is 67.7 Å². The Hall–Kier alpha value is -3.17. The van der Waals surface area contributed by atoms with Crippen molar-refractivity contribution in [3.63, 3.8) is 0 Å². The van der Waals surface area contributed by atoms with Gasteiger partial charge < -0.3 is 0 Å². The van der Waals surface area contributed by atoms with E-state index in [-0.39, 0.29) is 26.3 Å². The van der Waals surface area contributed by atoms with Crippen LogP contribution in [0, 0.1) is 5.92 Å². The lowest BCUT2D eigenvalue weighted by atomic mass is 10.0. The minimum Gasteiger partial charge on any atom is -0.234 e. The van der Waals surface area contributed by atoms with E-state index in [4.69, 9.17) is 0 Å². The van der Waals surface area contributed by atoms with Crippen molar-refractivity contribution in [1.82, 2.24) is 0 Å². The van der Waals surface area contributed by atoms with E-state index in [1.165, 1.54) is 6.08 Å². The lowest BCUT2D eigenvalue weighted by molar-refractivity contribution is -0.225. The smallest absolute Gasteiger partial charge is 0.234 e. The molecular formula is C32H41F23. The van der Waals surface area contributed by atoms with Gasteiger partial charge in [-0.15, -0.1) is 13.2 Å². The second-order valence-electron chi connectivity index (χ2n) is 11.0. The van der Waals surface area contributed by atoms with Crippen LogP contribution in [0.5, 0.6) is 0 Å². The van der Waals surface area contributed by atoms with Crippen LogP contribution in [0.15, 0.2) is 74.4 Å². The first-order chi connectivity index (χ1) is 23.7. The van der Waals surface area contributed by atoms with Crippen molar-refractivity contribution in [1.29, 1.82) is 0 Å². The molecule has 0 aromatic carbocycles. The lowest BCUT2D eigenvalue weighted by Gasteiger charge is -2.22. The summed E-state index contributed by atoms with van der Waals surface area (Å²) in [5.74, 6) is -9.66. The van der Waals surface area contributed by atoms with E-state index in [9.17, 15) is 101 Å². The molecule has 0 nitrogen and oxygen atoms in total. The molecule has 0 bridgehead atoms. The first-order valence-corrected chi connectivity index (χ1v) is 14.3. The molecule has 0 radical (unpaired) electrons. The number of halogens is 23. The first-order valence-electron chi connectivity index (χ1n) is 14.3. The van der Waals surface area contributed by atoms with E-state index in [0.29, 0.717) is 20.8 Å². The summed E-state index contributed by atoms with van der Waals surface area (Å²) in [7, 11) is 0. The minimum absolute atomic E-state index is 0.0342. The first kappa shape index (κ1) is 63.8. The Kier molecular flexibility index (Phi) is 28.4. The fourth-order valence-corrected chi connectivity index (χ4v) is 1.41. The largest absolute Gasteiger partial charge is 0.428 e. The summed E-state index contributed by atoms with van der Waals surface area (Å²) in [5, 5.41) is 0. The maximum absolute atomic E-state index is 12.6. The topological polar surface area (TPSA) is 0 Å². The summed E-state index contributed by atoms with van der Waals surface area (Å²) in [6, 6.07) is 0. The number of allylic oxidation sites excluding steroid dienone is 7. The Bertz CT molecular complexity index is 1160. The number of hydrogen-bond acceptors (Lipinski definition) is 0. The second-order valence-corrected chi connectivity index (χ2v) is 11.0. The molecule has 0 saturated carbocycles. The molecule has 0 amide bonds. The van der Waals surface area contributed by atoms with Crippen molar-refractivity contribution in [3.8, 4) is 0 Å². The Morgan fingerprint density at radius 1 is 0.564 bits per heavy atom. The predicted molar refractivity (Wildman–Crippen MR) is 163 cm³/mol. The zero-order valence-corrected chi connectivity index (χ0v) is 30.2. The Labute approximate surface area is 303 Å². The highest BCUT2D eigenvalue weighted by Gasteiger charge is 2.57. The summed E-state index contributed by atoms with van der Waals surface area (Å²) in [4.78, 5) is 0. The average molecular weight is 863 g/mol. The van der Waals surface area contributed by atoms with Crippen LogP contribution < -0.4 is 0 Å². The predicted octanol–water partition coefficient (Wildman–Crippen LogP) is 16.2. The highest BCUT2D eigenvalue weighted by atomic mass is 19.4. The van der Waals surface area contributed by atoms with Gasteiger partial charge in [-0.25, -0.2) is 35.1 Å². The third kappa shape index (κ3) is 26.3. The van der Waals surface area contributed by atoms with Gasteiger partial charge in [-0.05, 0) is 66.9 Å². The quantitative estimate of drug-likeness (QED) is 0.168. The molecule has 0 N–H and O–H groups in total. The van der Waals surface area contributed by atoms with E-state index in [1.54, 1.807) is 0 Å². The van der Waals surface area contributed by atoms with Crippen molar-refractivity contribution in [2.75, 3.05) is 0 Å². The van der Waals surface area contributed by atoms with E-state index in [1.807, 2.05) is 6.08 Å². The highest BCUT2D eigenvalue weighted by Crippen LogP contribution is 2.42. The lowest BCUT2D eigenvalue weighted by Crippen LogP contribution is -2.38. The molecule has 0 aromatic heterocycles. The van der Waals surface area contributed by atoms with Gasteiger partial charge in [0.05, 0.1) is 0 Å². The normalized spacial score (nSPS) is 17.2. The summed E-state index contributed by atoms with van der Waals surface area (Å²) in [5.41, 5.74) is -14.5. The third-order valence-electron chi connectivity index (χ3n) is 5.88. The summed E-state index contributed by atoms with van der Waals surface area (Å²) >= 11 is 0. The van der Waals surface area contributed by atoms with Crippen LogP contribution in [0.25, 0.3) is 0 Å². The molecule has 0 fully saturated rings. The average Bonchev–Trinajstić information content (AvgIpc) is 2.97. The van der Waals surface area contributed by atoms with Crippen molar-refractivity contribution in [2.45, 2.75) is 121 Å². The van der Waals surface area contributed by atoms with E-state index in [0.717, 1.165) is 13.3 Å². The van der Waals surface area contributed by atoms with Crippen LogP contribution >= 0.6 is 0 Å². The molecule has 0 aliphatic carbocycles. The molecule has 0 heterocycles. The Morgan fingerprint density at radius 2 is 0.891 bits per heavy atom. The maximum Gasteiger partial charge on any atom is 0.428 e. The monoisotopic (exact) mass is 862 g/mol. The zero-order chi connectivity index (χ0) is 46.6. The fourth-order valence-electron chi connectivity index (χ4n) is 1.41. The number of alkyl halides is 19. The van der Waals surface area contributed by atoms with E-state index >= 15 is 0 Å². The van der Waals surface area contributed by atoms with Gasteiger partial charge >= 0.3 is 30.9 Å². The van der Waals surface area contributed by atoms with Gasteiger partial charge in [0.1, 0.15) is 23.4 Å². The fraction of sp³-hybridized carbons (Fsp3) is 0.625. The van der Waals surface area contributed by atoms with Gasteiger partial charge in [-0.1, -0.05) is 38.8 Å². The third-order valence-corrected chi connectivity index (χ3v) is 5.88. The number of rotatable bonds is 8. The van der Waals surface area contributed by atoms with E-state index in [2.05, 4.69) is 39.8 Å². The highest BCUT2D eigenvalue weighted by molar-refractivity contribution is 5.13. The molecule has 0 rings (SSSR count). The molecule has 0 saturated heterocycles. The van der Waals surface area contributed by atoms with Gasteiger partial charge in [0.25, 0.3) is 11.3 Å². The molecule has 0 aliphatic heterocycles. The van der Waals surface area contributed by atoms with Gasteiger partial charge in [0.2, 0.25) is 11.3 Å². The van der Waals surface area contributed by atoms with Gasteiger partial charge in [0, 0.05) is 0 Å². The van der Waals surface area contributed by atoms with Gasteiger partial charge in [-0.2, -0.15) is 65.9 Å². The van der Waals surface area contributed by atoms with Crippen molar-refractivity contribution < 1.29 is 101 Å². The summed E-state index contributed by atoms with van der Waals surface area (Å²) in [6.45, 7) is 18.3. The van der Waals surface area contributed by atoms with Crippen molar-refractivity contribution in [2.24, 2.45) is 5.92 Å². The van der Waals surface area contributed by atoms with Crippen LogP contribution in [0.2, 0.25) is 0 Å². The van der Waals surface area contributed by atoms with Gasteiger partial charge in [0.15, 0.2) is 5.83 Å². The molecule has 330 valence electrons. The SMILES string of the molecule is C=C(F)C(C)(F)C(F)(F)F.C=C(F)C(C)C(F)(F)F.C=CC(C)(F)C(F)(F)F.C=CCC.C=CCCC(C)(F)C(F)(F)F.CC(F)=C(F)C(C)(F)C(F)(F)F. The zero-order valence-electron chi connectivity index (χ0n) is 30.2. The van der Waals surface area contributed by atoms with Crippen LogP contribution in [0.3, 0.4) is 0 Å². The molecule has 0 aromatic rings. The van der Waals surface area contributed by atoms with Crippen molar-refractivity contribution >= 4 is 0 Å². The minimum atomic E-state index is -5.44. The Balaban J connectivity index is -0.000000133. The standard InChI is InChI=1S/C7H10F4.C6H6F6.C5H5F5.2C5H6F4.C4H8/c1-3-4-5-6(2,8)7(9,10)11;1-3(7)4(8)5(2,9)6(10,11)12;1-3(6)4(2,7)5(8,9)10;1-3-4(2,6)5(7,8)9;1-3(4(2)6)5(7,8)9;1-3-4-2/h3H,1,4-5H2,2H3;1-2H3;1H2,2H3;3H,1H2,2H3;3H,2H2,1H3;3H,1,4H2,2H3. The molecule has 0 aliphatic rings. The van der Waals surface area contributed by atoms with Crippen LogP contribution in [-0.2, 0) is 0 Å². The molecule has 55 heavy (non-hydrogen) atoms. The molecule has 5 atom stereocenters. The van der Waals surface area contributed by atoms with Crippen molar-refractivity contribution in [3.05, 3.63) is 74.4 Å². The van der Waals surface area contributed by atoms with E-state index < -0.39 is 89.2 Å². The molecule has 0 spiro atoms. The van der Waals surface area contributed by atoms with Gasteiger partial charge in [-0.3, -0.25) is 0 Å². The number of hydrogen-bond donors (Lipinski definition) is 0. The molecule has 5 unspecified atom stereocenters. The summed E-state index contributed by atoms with van der Waals surface area (Å²) in [6.07, 6.45) is -20.8. The van der Waals surface area contributed by atoms with Crippen LogP contribution in [-0.4, -0.2) is 53.6 Å². The molecular weight excluding hydrogens is 821 g/mol. The summed E-state index contributed by atoms with van der Waals surface area (Å²) < 4.78 is 269. The Morgan fingerprint density at radius 3 is 0.964 bits per heavy atom. The maximum atomic E-state index is 12.6. The second kappa shape index (κ2) is 24.5. The van der Waals surface area contributed by atoms with Crippen LogP contribution in [0.4, 0.5) is 101 Å². The molecule has 23 heteroatoms.